The van der Waals surface area contributed by atoms with Crippen LogP contribution in [0, 0.1) is 5.41 Å². The van der Waals surface area contributed by atoms with E-state index in [-0.39, 0.29) is 0 Å². The Hall–Kier alpha value is -2.43. The van der Waals surface area contributed by atoms with E-state index in [0.717, 1.165) is 42.2 Å². The molecule has 0 spiro atoms. The van der Waals surface area contributed by atoms with E-state index in [1.165, 1.54) is 6.21 Å². The summed E-state index contributed by atoms with van der Waals surface area (Å²) in [5.41, 5.74) is 15.7. The van der Waals surface area contributed by atoms with Gasteiger partial charge < -0.3 is 16.9 Å². The Labute approximate surface area is 116 Å². The lowest BCUT2D eigenvalue weighted by Gasteiger charge is -2.21. The summed E-state index contributed by atoms with van der Waals surface area (Å²) in [5, 5.41) is 8.50. The smallest absolute Gasteiger partial charge is 0.267 e. The normalized spacial score (nSPS) is 14.0. The lowest BCUT2D eigenvalue weighted by atomic mass is 9.86. The van der Waals surface area contributed by atoms with Crippen molar-refractivity contribution in [2.75, 3.05) is 5.73 Å². The molecular formula is C15H16N4O. The van der Waals surface area contributed by atoms with Gasteiger partial charge in [-0.3, -0.25) is 4.79 Å². The maximum Gasteiger partial charge on any atom is 0.267 e. The fraction of sp³-hybridized carbons (Fsp3) is 0.267. The van der Waals surface area contributed by atoms with E-state index in [0.29, 0.717) is 22.5 Å². The molecule has 0 unspecified atom stereocenters. The number of amides is 1. The number of carbonyl (C=O) groups excluding carboxylic acids is 1. The van der Waals surface area contributed by atoms with Crippen LogP contribution in [0.5, 0.6) is 0 Å². The van der Waals surface area contributed by atoms with Crippen LogP contribution in [0.2, 0.25) is 0 Å². The van der Waals surface area contributed by atoms with Gasteiger partial charge in [0.05, 0.1) is 5.52 Å². The third-order valence-corrected chi connectivity index (χ3v) is 3.92. The standard InChI is InChI=1S/C15H16N4O/c16-7-10-11(17)5-6-12-13(10)8-3-1-2-4-9(8)14(19-12)15(18)20/h5-7,16H,1-4,17H2,(H2,18,20). The minimum atomic E-state index is -0.488. The zero-order chi connectivity index (χ0) is 14.3. The number of aromatic nitrogens is 1. The number of fused-ring (bicyclic) bond motifs is 3. The zero-order valence-electron chi connectivity index (χ0n) is 11.1. The quantitative estimate of drug-likeness (QED) is 0.571. The number of nitrogens with two attached hydrogens (primary N) is 2. The fourth-order valence-electron chi connectivity index (χ4n) is 3.02. The van der Waals surface area contributed by atoms with Crippen molar-refractivity contribution in [3.05, 3.63) is 34.5 Å². The monoisotopic (exact) mass is 268 g/mol. The number of rotatable bonds is 2. The summed E-state index contributed by atoms with van der Waals surface area (Å²) in [7, 11) is 0. The second-order valence-electron chi connectivity index (χ2n) is 5.10. The van der Waals surface area contributed by atoms with Crippen molar-refractivity contribution in [3.63, 3.8) is 0 Å². The van der Waals surface area contributed by atoms with Gasteiger partial charge >= 0.3 is 0 Å². The first-order valence-corrected chi connectivity index (χ1v) is 6.67. The van der Waals surface area contributed by atoms with Crippen LogP contribution in [0.15, 0.2) is 12.1 Å². The molecule has 5 nitrogen and oxygen atoms in total. The van der Waals surface area contributed by atoms with E-state index in [2.05, 4.69) is 4.98 Å². The molecular weight excluding hydrogens is 252 g/mol. The third kappa shape index (κ3) is 1.74. The fourth-order valence-corrected chi connectivity index (χ4v) is 3.02. The van der Waals surface area contributed by atoms with Crippen LogP contribution in [0.25, 0.3) is 10.9 Å². The Morgan fingerprint density at radius 1 is 1.25 bits per heavy atom. The molecule has 1 heterocycles. The Morgan fingerprint density at radius 3 is 2.60 bits per heavy atom. The molecule has 5 N–H and O–H groups in total. The molecule has 1 aliphatic rings. The highest BCUT2D eigenvalue weighted by atomic mass is 16.1. The van der Waals surface area contributed by atoms with Crippen LogP contribution < -0.4 is 11.5 Å². The highest BCUT2D eigenvalue weighted by Crippen LogP contribution is 2.33. The molecule has 1 aromatic carbocycles. The SMILES string of the molecule is N=Cc1c(N)ccc2nc(C(N)=O)c3c(c12)CCCC3. The second kappa shape index (κ2) is 4.59. The molecule has 0 aliphatic heterocycles. The maximum atomic E-state index is 11.6. The van der Waals surface area contributed by atoms with Gasteiger partial charge in [0.25, 0.3) is 5.91 Å². The van der Waals surface area contributed by atoms with Crippen LogP contribution in [0.4, 0.5) is 5.69 Å². The largest absolute Gasteiger partial charge is 0.398 e. The van der Waals surface area contributed by atoms with Crippen molar-refractivity contribution < 1.29 is 4.79 Å². The Kier molecular flexibility index (Phi) is 2.89. The number of carbonyl (C=O) groups is 1. The van der Waals surface area contributed by atoms with Gasteiger partial charge in [-0.1, -0.05) is 0 Å². The average molecular weight is 268 g/mol. The summed E-state index contributed by atoms with van der Waals surface area (Å²) in [5.74, 6) is -0.488. The average Bonchev–Trinajstić information content (AvgIpc) is 2.46. The Balaban J connectivity index is 2.47. The summed E-state index contributed by atoms with van der Waals surface area (Å²) in [6, 6.07) is 3.51. The lowest BCUT2D eigenvalue weighted by molar-refractivity contribution is 0.0994. The van der Waals surface area contributed by atoms with Crippen molar-refractivity contribution >= 4 is 28.7 Å². The number of nitrogen functional groups attached to an aromatic ring is 1. The zero-order valence-corrected chi connectivity index (χ0v) is 11.1. The first-order valence-electron chi connectivity index (χ1n) is 6.67. The summed E-state index contributed by atoms with van der Waals surface area (Å²) in [6.07, 6.45) is 5.04. The Morgan fingerprint density at radius 2 is 1.95 bits per heavy atom. The topological polar surface area (TPSA) is 106 Å². The van der Waals surface area contributed by atoms with Crippen molar-refractivity contribution in [2.24, 2.45) is 5.73 Å². The molecule has 102 valence electrons. The van der Waals surface area contributed by atoms with E-state index >= 15 is 0 Å². The molecule has 0 fully saturated rings. The van der Waals surface area contributed by atoms with Crippen molar-refractivity contribution in [3.8, 4) is 0 Å². The van der Waals surface area contributed by atoms with Gasteiger partial charge in [0, 0.05) is 22.9 Å². The second-order valence-corrected chi connectivity index (χ2v) is 5.10. The van der Waals surface area contributed by atoms with Gasteiger partial charge in [-0.15, -0.1) is 0 Å². The number of pyridine rings is 1. The molecule has 20 heavy (non-hydrogen) atoms. The van der Waals surface area contributed by atoms with E-state index in [1.54, 1.807) is 12.1 Å². The van der Waals surface area contributed by atoms with Gasteiger partial charge in [0.1, 0.15) is 5.69 Å². The van der Waals surface area contributed by atoms with Crippen molar-refractivity contribution in [2.45, 2.75) is 25.7 Å². The summed E-state index contributed by atoms with van der Waals surface area (Å²) in [4.78, 5) is 16.0. The Bertz CT molecular complexity index is 736. The van der Waals surface area contributed by atoms with Gasteiger partial charge in [0.2, 0.25) is 0 Å². The van der Waals surface area contributed by atoms with Crippen LogP contribution >= 0.6 is 0 Å². The molecule has 0 radical (unpaired) electrons. The van der Waals surface area contributed by atoms with Crippen LogP contribution in [-0.2, 0) is 12.8 Å². The molecule has 0 bridgehead atoms. The summed E-state index contributed by atoms with van der Waals surface area (Å²) >= 11 is 0. The minimum Gasteiger partial charge on any atom is -0.398 e. The molecule has 0 saturated carbocycles. The number of hydrogen-bond acceptors (Lipinski definition) is 4. The molecule has 0 atom stereocenters. The highest BCUT2D eigenvalue weighted by Gasteiger charge is 2.22. The molecule has 2 aromatic rings. The number of aryl methyl sites for hydroxylation is 1. The molecule has 1 aromatic heterocycles. The maximum absolute atomic E-state index is 11.6. The molecule has 1 aliphatic carbocycles. The highest BCUT2D eigenvalue weighted by molar-refractivity contribution is 6.06. The first-order chi connectivity index (χ1) is 9.63. The molecule has 3 rings (SSSR count). The number of anilines is 1. The lowest BCUT2D eigenvalue weighted by Crippen LogP contribution is -2.20. The molecule has 0 saturated heterocycles. The van der Waals surface area contributed by atoms with Gasteiger partial charge in [0.15, 0.2) is 0 Å². The summed E-state index contributed by atoms with van der Waals surface area (Å²) in [6.45, 7) is 0. The third-order valence-electron chi connectivity index (χ3n) is 3.92. The first kappa shape index (κ1) is 12.6. The van der Waals surface area contributed by atoms with Gasteiger partial charge in [-0.2, -0.15) is 0 Å². The molecule has 1 amide bonds. The van der Waals surface area contributed by atoms with Crippen molar-refractivity contribution in [1.29, 1.82) is 5.41 Å². The number of primary amides is 1. The number of nitrogens with zero attached hydrogens (tertiary/aromatic N) is 1. The van der Waals surface area contributed by atoms with E-state index in [1.807, 2.05) is 0 Å². The number of benzene rings is 1. The van der Waals surface area contributed by atoms with Crippen LogP contribution in [-0.4, -0.2) is 17.1 Å². The molecule has 5 heteroatoms. The van der Waals surface area contributed by atoms with E-state index in [4.69, 9.17) is 16.9 Å². The van der Waals surface area contributed by atoms with E-state index < -0.39 is 5.91 Å². The number of hydrogen-bond donors (Lipinski definition) is 3. The van der Waals surface area contributed by atoms with Crippen molar-refractivity contribution in [1.82, 2.24) is 4.98 Å². The van der Waals surface area contributed by atoms with Gasteiger partial charge in [-0.25, -0.2) is 4.98 Å². The summed E-state index contributed by atoms with van der Waals surface area (Å²) < 4.78 is 0. The number of nitrogens with one attached hydrogen (secondary N) is 1. The van der Waals surface area contributed by atoms with Crippen LogP contribution in [0.1, 0.15) is 40.0 Å². The van der Waals surface area contributed by atoms with Crippen LogP contribution in [0.3, 0.4) is 0 Å². The predicted molar refractivity (Wildman–Crippen MR) is 79.2 cm³/mol. The minimum absolute atomic E-state index is 0.368. The van der Waals surface area contributed by atoms with E-state index in [9.17, 15) is 4.79 Å². The van der Waals surface area contributed by atoms with Gasteiger partial charge in [-0.05, 0) is 48.9 Å². The predicted octanol–water partition coefficient (Wildman–Crippen LogP) is 1.79.